The lowest BCUT2D eigenvalue weighted by Crippen LogP contribution is -2.63. The van der Waals surface area contributed by atoms with Gasteiger partial charge in [0.2, 0.25) is 0 Å². The maximum Gasteiger partial charge on any atom is 0.186 e. The van der Waals surface area contributed by atoms with Crippen molar-refractivity contribution in [2.75, 3.05) is 66.6 Å². The fourth-order valence-electron chi connectivity index (χ4n) is 4.68. The van der Waals surface area contributed by atoms with Crippen LogP contribution in [0, 0.1) is 0 Å². The molecule has 208 valence electrons. The van der Waals surface area contributed by atoms with Crippen LogP contribution < -0.4 is 9.47 Å². The van der Waals surface area contributed by atoms with Crippen LogP contribution in [0.3, 0.4) is 0 Å². The smallest absolute Gasteiger partial charge is 0.186 e. The zero-order valence-corrected chi connectivity index (χ0v) is 21.6. The molecule has 10 nitrogen and oxygen atoms in total. The predicted molar refractivity (Wildman–Crippen MR) is 134 cm³/mol. The van der Waals surface area contributed by atoms with E-state index in [2.05, 4.69) is 0 Å². The Bertz CT molecular complexity index is 960. The zero-order valence-electron chi connectivity index (χ0n) is 21.6. The normalized spacial score (nSPS) is 31.7. The number of hydrogen-bond donors (Lipinski definition) is 0. The van der Waals surface area contributed by atoms with Crippen molar-refractivity contribution >= 4 is 0 Å². The average molecular weight is 533 g/mol. The first-order chi connectivity index (χ1) is 18.8. The van der Waals surface area contributed by atoms with E-state index < -0.39 is 30.9 Å². The number of hydrogen-bond acceptors (Lipinski definition) is 10. The summed E-state index contributed by atoms with van der Waals surface area (Å²) in [4.78, 5) is 0. The molecular formula is C28H36O10. The number of ether oxygens (including phenoxy) is 10. The fraction of sp³-hybridized carbons (Fsp3) is 0.571. The van der Waals surface area contributed by atoms with Crippen LogP contribution in [-0.4, -0.2) is 97.3 Å². The Labute approximate surface area is 222 Å². The third-order valence-electron chi connectivity index (χ3n) is 6.48. The molecular weight excluding hydrogens is 496 g/mol. The number of fused-ring (bicyclic) bond motifs is 4. The molecule has 6 atom stereocenters. The van der Waals surface area contributed by atoms with E-state index in [0.29, 0.717) is 71.0 Å². The van der Waals surface area contributed by atoms with Crippen LogP contribution in [-0.2, 0) is 37.9 Å². The van der Waals surface area contributed by atoms with Crippen molar-refractivity contribution in [1.82, 2.24) is 0 Å². The molecule has 0 amide bonds. The minimum absolute atomic E-state index is 0.319. The van der Waals surface area contributed by atoms with Gasteiger partial charge >= 0.3 is 0 Å². The van der Waals surface area contributed by atoms with Crippen LogP contribution in [0.1, 0.15) is 11.9 Å². The van der Waals surface area contributed by atoms with Crippen molar-refractivity contribution in [1.29, 1.82) is 0 Å². The molecule has 5 rings (SSSR count). The second kappa shape index (κ2) is 14.2. The SMILES string of the molecule is COC1OC2COC(c3ccccc3)OC2C2OCCOCCOc3ccccc3OCCOCCOC12. The first-order valence-electron chi connectivity index (χ1n) is 13.1. The maximum absolute atomic E-state index is 6.39. The third kappa shape index (κ3) is 7.02. The number of para-hydroxylation sites is 2. The van der Waals surface area contributed by atoms with Crippen LogP contribution >= 0.6 is 0 Å². The Morgan fingerprint density at radius 1 is 0.605 bits per heavy atom. The Hall–Kier alpha value is -2.28. The zero-order chi connectivity index (χ0) is 26.0. The molecule has 3 heterocycles. The summed E-state index contributed by atoms with van der Waals surface area (Å²) in [5, 5.41) is 0. The van der Waals surface area contributed by atoms with Crippen molar-refractivity contribution in [2.24, 2.45) is 0 Å². The van der Waals surface area contributed by atoms with Crippen LogP contribution in [0.4, 0.5) is 0 Å². The molecule has 3 aliphatic heterocycles. The minimum Gasteiger partial charge on any atom is -0.487 e. The summed E-state index contributed by atoms with van der Waals surface area (Å²) in [6.45, 7) is 3.32. The van der Waals surface area contributed by atoms with Crippen LogP contribution in [0.5, 0.6) is 11.5 Å². The monoisotopic (exact) mass is 532 g/mol. The Morgan fingerprint density at radius 3 is 1.87 bits per heavy atom. The van der Waals surface area contributed by atoms with Crippen molar-refractivity contribution in [3.8, 4) is 11.5 Å². The molecule has 2 aromatic carbocycles. The van der Waals surface area contributed by atoms with Gasteiger partial charge in [-0.25, -0.2) is 0 Å². The molecule has 0 aliphatic carbocycles. The molecule has 3 aliphatic rings. The number of rotatable bonds is 2. The molecule has 0 radical (unpaired) electrons. The van der Waals surface area contributed by atoms with Gasteiger partial charge in [-0.15, -0.1) is 0 Å². The molecule has 0 saturated carbocycles. The highest BCUT2D eigenvalue weighted by Gasteiger charge is 2.51. The first kappa shape index (κ1) is 27.3. The fourth-order valence-corrected chi connectivity index (χ4v) is 4.68. The first-order valence-corrected chi connectivity index (χ1v) is 13.1. The van der Waals surface area contributed by atoms with E-state index in [1.165, 1.54) is 0 Å². The summed E-state index contributed by atoms with van der Waals surface area (Å²) in [7, 11) is 1.59. The highest BCUT2D eigenvalue weighted by atomic mass is 16.8. The summed E-state index contributed by atoms with van der Waals surface area (Å²) in [6.07, 6.45) is -2.98. The van der Waals surface area contributed by atoms with Gasteiger partial charge in [0.25, 0.3) is 0 Å². The lowest BCUT2D eigenvalue weighted by molar-refractivity contribution is -0.368. The van der Waals surface area contributed by atoms with Gasteiger partial charge in [0.05, 0.1) is 46.2 Å². The van der Waals surface area contributed by atoms with E-state index in [9.17, 15) is 0 Å². The van der Waals surface area contributed by atoms with Crippen LogP contribution in [0.15, 0.2) is 54.6 Å². The second-order valence-electron chi connectivity index (χ2n) is 8.99. The molecule has 2 saturated heterocycles. The van der Waals surface area contributed by atoms with E-state index in [1.54, 1.807) is 7.11 Å². The second-order valence-corrected chi connectivity index (χ2v) is 8.99. The lowest BCUT2D eigenvalue weighted by Gasteiger charge is -2.48. The summed E-state index contributed by atoms with van der Waals surface area (Å²) in [6, 6.07) is 17.4. The lowest BCUT2D eigenvalue weighted by atomic mass is 9.97. The molecule has 2 aromatic rings. The molecule has 0 spiro atoms. The molecule has 0 bridgehead atoms. The predicted octanol–water partition coefficient (Wildman–Crippen LogP) is 2.75. The Balaban J connectivity index is 1.26. The Morgan fingerprint density at radius 2 is 1.21 bits per heavy atom. The largest absolute Gasteiger partial charge is 0.487 e. The summed E-state index contributed by atoms with van der Waals surface area (Å²) in [5.41, 5.74) is 0.929. The molecule has 10 heteroatoms. The van der Waals surface area contributed by atoms with Gasteiger partial charge in [-0.05, 0) is 12.1 Å². The summed E-state index contributed by atoms with van der Waals surface area (Å²) >= 11 is 0. The van der Waals surface area contributed by atoms with Crippen molar-refractivity contribution in [2.45, 2.75) is 37.0 Å². The van der Waals surface area contributed by atoms with Crippen molar-refractivity contribution in [3.05, 3.63) is 60.2 Å². The number of methoxy groups -OCH3 is 1. The van der Waals surface area contributed by atoms with Gasteiger partial charge in [0, 0.05) is 12.7 Å². The quantitative estimate of drug-likeness (QED) is 0.575. The van der Waals surface area contributed by atoms with E-state index in [1.807, 2.05) is 54.6 Å². The molecule has 6 unspecified atom stereocenters. The number of benzene rings is 2. The average Bonchev–Trinajstić information content (AvgIpc) is 2.96. The van der Waals surface area contributed by atoms with Crippen LogP contribution in [0.25, 0.3) is 0 Å². The topological polar surface area (TPSA) is 92.3 Å². The van der Waals surface area contributed by atoms with Gasteiger partial charge in [0.1, 0.15) is 37.6 Å². The van der Waals surface area contributed by atoms with Crippen LogP contribution in [0.2, 0.25) is 0 Å². The highest BCUT2D eigenvalue weighted by Crippen LogP contribution is 2.36. The molecule has 0 aromatic heterocycles. The third-order valence-corrected chi connectivity index (χ3v) is 6.48. The van der Waals surface area contributed by atoms with Gasteiger partial charge in [-0.2, -0.15) is 0 Å². The van der Waals surface area contributed by atoms with E-state index >= 15 is 0 Å². The minimum atomic E-state index is -0.651. The summed E-state index contributed by atoms with van der Waals surface area (Å²) < 4.78 is 60.0. The van der Waals surface area contributed by atoms with Gasteiger partial charge in [-0.1, -0.05) is 42.5 Å². The van der Waals surface area contributed by atoms with Gasteiger partial charge < -0.3 is 47.4 Å². The molecule has 0 N–H and O–H groups in total. The van der Waals surface area contributed by atoms with Crippen molar-refractivity contribution < 1.29 is 47.4 Å². The van der Waals surface area contributed by atoms with E-state index in [-0.39, 0.29) is 6.10 Å². The van der Waals surface area contributed by atoms with Gasteiger partial charge in [-0.3, -0.25) is 0 Å². The van der Waals surface area contributed by atoms with E-state index in [4.69, 9.17) is 47.4 Å². The molecule has 38 heavy (non-hydrogen) atoms. The van der Waals surface area contributed by atoms with E-state index in [0.717, 1.165) is 5.56 Å². The molecule has 2 fully saturated rings. The standard InChI is InChI=1S/C28H36O10/c1-29-28-26-25(24-23(37-28)19-36-27(38-24)20-7-3-2-4-8-20)34-17-13-30-11-15-32-21-9-5-6-10-22(21)33-16-12-31-14-18-35-26/h2-10,23-28H,11-19H2,1H3. The maximum atomic E-state index is 6.39. The highest BCUT2D eigenvalue weighted by molar-refractivity contribution is 5.39. The van der Waals surface area contributed by atoms with Crippen molar-refractivity contribution in [3.63, 3.8) is 0 Å². The Kier molecular flexibility index (Phi) is 10.2. The summed E-state index contributed by atoms with van der Waals surface area (Å²) in [5.74, 6) is 1.34. The van der Waals surface area contributed by atoms with Gasteiger partial charge in [0.15, 0.2) is 24.1 Å².